The van der Waals surface area contributed by atoms with Crippen LogP contribution in [-0.2, 0) is 4.79 Å². The van der Waals surface area contributed by atoms with Gasteiger partial charge < -0.3 is 25.5 Å². The lowest BCUT2D eigenvalue weighted by molar-refractivity contribution is -0.141. The highest BCUT2D eigenvalue weighted by Gasteiger charge is 2.44. The van der Waals surface area contributed by atoms with Gasteiger partial charge in [-0.15, -0.1) is 0 Å². The SMILES string of the molecule is CCCNC1CCN(C(CO)(CO)CO)C1=O. The minimum Gasteiger partial charge on any atom is -0.394 e. The smallest absolute Gasteiger partial charge is 0.240 e. The van der Waals surface area contributed by atoms with Gasteiger partial charge in [-0.2, -0.15) is 0 Å². The third-order valence-electron chi connectivity index (χ3n) is 3.30. The fraction of sp³-hybridized carbons (Fsp3) is 0.909. The van der Waals surface area contributed by atoms with Gasteiger partial charge >= 0.3 is 0 Å². The highest BCUT2D eigenvalue weighted by Crippen LogP contribution is 2.22. The molecule has 1 aliphatic heterocycles. The lowest BCUT2D eigenvalue weighted by atomic mass is 10.0. The van der Waals surface area contributed by atoms with Gasteiger partial charge in [0.1, 0.15) is 5.54 Å². The molecule has 6 nitrogen and oxygen atoms in total. The number of nitrogens with one attached hydrogen (secondary N) is 1. The van der Waals surface area contributed by atoms with Crippen molar-refractivity contribution in [1.82, 2.24) is 10.2 Å². The molecule has 0 radical (unpaired) electrons. The van der Waals surface area contributed by atoms with Crippen molar-refractivity contribution in [3.8, 4) is 0 Å². The maximum atomic E-state index is 12.1. The van der Waals surface area contributed by atoms with Crippen LogP contribution in [0.25, 0.3) is 0 Å². The van der Waals surface area contributed by atoms with Crippen LogP contribution in [0.3, 0.4) is 0 Å². The molecular weight excluding hydrogens is 224 g/mol. The van der Waals surface area contributed by atoms with Crippen LogP contribution in [0.5, 0.6) is 0 Å². The van der Waals surface area contributed by atoms with Crippen molar-refractivity contribution in [2.24, 2.45) is 0 Å². The van der Waals surface area contributed by atoms with Gasteiger partial charge in [-0.25, -0.2) is 0 Å². The summed E-state index contributed by atoms with van der Waals surface area (Å²) < 4.78 is 0. The lowest BCUT2D eigenvalue weighted by Gasteiger charge is -2.37. The minimum absolute atomic E-state index is 0.157. The molecule has 0 aromatic rings. The van der Waals surface area contributed by atoms with Crippen LogP contribution < -0.4 is 5.32 Å². The number of hydrogen-bond acceptors (Lipinski definition) is 5. The first-order valence-electron chi connectivity index (χ1n) is 6.02. The Kier molecular flexibility index (Phi) is 5.32. The van der Waals surface area contributed by atoms with Gasteiger partial charge in [0.25, 0.3) is 0 Å². The molecule has 17 heavy (non-hydrogen) atoms. The number of nitrogens with zero attached hydrogens (tertiary/aromatic N) is 1. The second-order valence-electron chi connectivity index (χ2n) is 4.48. The van der Waals surface area contributed by atoms with Crippen molar-refractivity contribution in [2.45, 2.75) is 31.3 Å². The summed E-state index contributed by atoms with van der Waals surface area (Å²) in [5.41, 5.74) is -1.24. The molecule has 6 heteroatoms. The molecule has 1 unspecified atom stereocenters. The molecule has 1 amide bonds. The number of carbonyl (C=O) groups is 1. The summed E-state index contributed by atoms with van der Waals surface area (Å²) in [5.74, 6) is -0.157. The van der Waals surface area contributed by atoms with Crippen molar-refractivity contribution in [2.75, 3.05) is 32.9 Å². The number of likely N-dealkylation sites (tertiary alicyclic amines) is 1. The summed E-state index contributed by atoms with van der Waals surface area (Å²) in [7, 11) is 0. The second-order valence-corrected chi connectivity index (χ2v) is 4.48. The van der Waals surface area contributed by atoms with Crippen molar-refractivity contribution >= 4 is 5.91 Å². The Morgan fingerprint density at radius 2 is 1.94 bits per heavy atom. The summed E-state index contributed by atoms with van der Waals surface area (Å²) in [5, 5.41) is 31.0. The third-order valence-corrected chi connectivity index (χ3v) is 3.30. The van der Waals surface area contributed by atoms with E-state index >= 15 is 0 Å². The molecule has 1 aliphatic rings. The molecule has 1 fully saturated rings. The van der Waals surface area contributed by atoms with E-state index in [2.05, 4.69) is 5.32 Å². The summed E-state index contributed by atoms with van der Waals surface area (Å²) in [4.78, 5) is 13.5. The maximum absolute atomic E-state index is 12.1. The van der Waals surface area contributed by atoms with E-state index in [4.69, 9.17) is 0 Å². The zero-order valence-electron chi connectivity index (χ0n) is 10.2. The van der Waals surface area contributed by atoms with E-state index in [9.17, 15) is 20.1 Å². The van der Waals surface area contributed by atoms with Crippen LogP contribution in [0.1, 0.15) is 19.8 Å². The van der Waals surface area contributed by atoms with Gasteiger partial charge in [0.15, 0.2) is 0 Å². The normalized spacial score (nSPS) is 21.3. The van der Waals surface area contributed by atoms with Crippen molar-refractivity contribution in [3.63, 3.8) is 0 Å². The largest absolute Gasteiger partial charge is 0.394 e. The Bertz CT molecular complexity index is 248. The highest BCUT2D eigenvalue weighted by atomic mass is 16.3. The van der Waals surface area contributed by atoms with Gasteiger partial charge in [-0.05, 0) is 19.4 Å². The molecule has 1 saturated heterocycles. The Balaban J connectivity index is 2.70. The molecule has 0 saturated carbocycles. The van der Waals surface area contributed by atoms with Gasteiger partial charge in [-0.1, -0.05) is 6.92 Å². The zero-order valence-corrected chi connectivity index (χ0v) is 10.2. The zero-order chi connectivity index (χ0) is 12.9. The fourth-order valence-corrected chi connectivity index (χ4v) is 2.06. The predicted molar refractivity (Wildman–Crippen MR) is 62.4 cm³/mol. The molecule has 1 heterocycles. The van der Waals surface area contributed by atoms with Crippen LogP contribution in [0.15, 0.2) is 0 Å². The van der Waals surface area contributed by atoms with Crippen molar-refractivity contribution < 1.29 is 20.1 Å². The van der Waals surface area contributed by atoms with E-state index in [0.717, 1.165) is 13.0 Å². The average Bonchev–Trinajstić information content (AvgIpc) is 2.72. The molecule has 0 aromatic heterocycles. The first kappa shape index (κ1) is 14.4. The quantitative estimate of drug-likeness (QED) is 0.430. The highest BCUT2D eigenvalue weighted by molar-refractivity contribution is 5.84. The molecule has 0 bridgehead atoms. The Labute approximate surface area is 101 Å². The van der Waals surface area contributed by atoms with E-state index < -0.39 is 25.4 Å². The predicted octanol–water partition coefficient (Wildman–Crippen LogP) is -1.70. The Hall–Kier alpha value is -0.690. The minimum atomic E-state index is -1.24. The van der Waals surface area contributed by atoms with Crippen molar-refractivity contribution in [3.05, 3.63) is 0 Å². The summed E-state index contributed by atoms with van der Waals surface area (Å²) in [6, 6.07) is -0.265. The van der Waals surface area contributed by atoms with Crippen LogP contribution >= 0.6 is 0 Å². The molecule has 0 aliphatic carbocycles. The van der Waals surface area contributed by atoms with Crippen LogP contribution in [-0.4, -0.2) is 70.6 Å². The maximum Gasteiger partial charge on any atom is 0.240 e. The summed E-state index contributed by atoms with van der Waals surface area (Å²) in [6.45, 7) is 1.91. The van der Waals surface area contributed by atoms with E-state index in [1.165, 1.54) is 4.90 Å². The summed E-state index contributed by atoms with van der Waals surface area (Å²) >= 11 is 0. The third kappa shape index (κ3) is 2.77. The number of hydrogen-bond donors (Lipinski definition) is 4. The van der Waals surface area contributed by atoms with E-state index in [1.54, 1.807) is 0 Å². The fourth-order valence-electron chi connectivity index (χ4n) is 2.06. The van der Waals surface area contributed by atoms with Crippen LogP contribution in [0.4, 0.5) is 0 Å². The van der Waals surface area contributed by atoms with Gasteiger partial charge in [0.2, 0.25) is 5.91 Å². The first-order valence-corrected chi connectivity index (χ1v) is 6.02. The number of aliphatic hydroxyl groups is 3. The van der Waals surface area contributed by atoms with Crippen LogP contribution in [0.2, 0.25) is 0 Å². The van der Waals surface area contributed by atoms with E-state index in [0.29, 0.717) is 13.0 Å². The van der Waals surface area contributed by atoms with Gasteiger partial charge in [-0.3, -0.25) is 4.79 Å². The number of amides is 1. The summed E-state index contributed by atoms with van der Waals surface area (Å²) in [6.07, 6.45) is 1.58. The van der Waals surface area contributed by atoms with Gasteiger partial charge in [0.05, 0.1) is 25.9 Å². The molecule has 1 rings (SSSR count). The van der Waals surface area contributed by atoms with E-state index in [-0.39, 0.29) is 11.9 Å². The van der Waals surface area contributed by atoms with Crippen molar-refractivity contribution in [1.29, 1.82) is 0 Å². The average molecular weight is 246 g/mol. The second kappa shape index (κ2) is 6.30. The first-order chi connectivity index (χ1) is 8.15. The molecule has 100 valence electrons. The molecular formula is C11H22N2O4. The lowest BCUT2D eigenvalue weighted by Crippen LogP contribution is -2.59. The van der Waals surface area contributed by atoms with Crippen LogP contribution in [0, 0.1) is 0 Å². The molecule has 0 spiro atoms. The van der Waals surface area contributed by atoms with E-state index in [1.807, 2.05) is 6.92 Å². The molecule has 4 N–H and O–H groups in total. The number of rotatable bonds is 7. The Morgan fingerprint density at radius 1 is 1.35 bits per heavy atom. The number of aliphatic hydroxyl groups excluding tert-OH is 3. The molecule has 0 aromatic carbocycles. The standard InChI is InChI=1S/C11H22N2O4/c1-2-4-12-9-3-5-13(10(9)17)11(6-14,7-15)8-16/h9,12,14-16H,2-8H2,1H3. The monoisotopic (exact) mass is 246 g/mol. The van der Waals surface area contributed by atoms with Gasteiger partial charge in [0, 0.05) is 6.54 Å². The Morgan fingerprint density at radius 3 is 2.41 bits per heavy atom. The topological polar surface area (TPSA) is 93.0 Å². The number of carbonyl (C=O) groups excluding carboxylic acids is 1. The molecule has 1 atom stereocenters.